The lowest BCUT2D eigenvalue weighted by atomic mass is 10.0. The SMILES string of the molecule is C=CC(=O)N1CC2C(=O)Nc3c(Cl)c(-c4c(O)cccc4F)nc4c3c(nc(=O)n4-c3c(C(C)C)ncnc3C(C)C)N2CC1C. The van der Waals surface area contributed by atoms with Gasteiger partial charge >= 0.3 is 5.69 Å². The van der Waals surface area contributed by atoms with Gasteiger partial charge in [-0.2, -0.15) is 4.98 Å². The zero-order valence-corrected chi connectivity index (χ0v) is 26.6. The molecule has 0 aliphatic carbocycles. The normalized spacial score (nSPS) is 17.7. The molecule has 14 heteroatoms. The molecule has 4 aromatic rings. The predicted octanol–water partition coefficient (Wildman–Crippen LogP) is 4.53. The van der Waals surface area contributed by atoms with Gasteiger partial charge < -0.3 is 20.2 Å². The van der Waals surface area contributed by atoms with Crippen LogP contribution in [0.4, 0.5) is 15.9 Å². The molecule has 0 spiro atoms. The minimum absolute atomic E-state index is 0.00357. The monoisotopic (exact) mass is 646 g/mol. The van der Waals surface area contributed by atoms with Gasteiger partial charge in [0, 0.05) is 12.6 Å². The number of fused-ring (bicyclic) bond motifs is 2. The number of phenolic OH excluding ortho intramolecular Hbond substituents is 1. The molecule has 6 rings (SSSR count). The molecule has 238 valence electrons. The zero-order chi connectivity index (χ0) is 33.2. The van der Waals surface area contributed by atoms with E-state index in [0.717, 1.165) is 6.07 Å². The van der Waals surface area contributed by atoms with Crippen LogP contribution in [0.5, 0.6) is 5.75 Å². The Kier molecular flexibility index (Phi) is 7.75. The minimum atomic E-state index is -0.961. The molecule has 12 nitrogen and oxygen atoms in total. The van der Waals surface area contributed by atoms with Crippen LogP contribution in [0.15, 0.2) is 42.0 Å². The van der Waals surface area contributed by atoms with Crippen molar-refractivity contribution in [2.75, 3.05) is 23.3 Å². The van der Waals surface area contributed by atoms with E-state index in [4.69, 9.17) is 16.6 Å². The molecular formula is C32H32ClFN8O4. The highest BCUT2D eigenvalue weighted by Crippen LogP contribution is 2.46. The molecule has 46 heavy (non-hydrogen) atoms. The van der Waals surface area contributed by atoms with Crippen molar-refractivity contribution in [3.8, 4) is 22.7 Å². The van der Waals surface area contributed by atoms with E-state index in [0.29, 0.717) is 17.1 Å². The maximum atomic E-state index is 15.4. The summed E-state index contributed by atoms with van der Waals surface area (Å²) in [5, 5.41) is 13.7. The lowest BCUT2D eigenvalue weighted by Gasteiger charge is -2.44. The lowest BCUT2D eigenvalue weighted by Crippen LogP contribution is -2.62. The van der Waals surface area contributed by atoms with Gasteiger partial charge in [0.1, 0.15) is 35.4 Å². The second kappa shape index (κ2) is 11.5. The number of anilines is 2. The molecule has 3 aromatic heterocycles. The molecule has 0 bridgehead atoms. The number of amides is 2. The summed E-state index contributed by atoms with van der Waals surface area (Å²) >= 11 is 6.95. The van der Waals surface area contributed by atoms with Crippen LogP contribution in [-0.4, -0.2) is 71.5 Å². The van der Waals surface area contributed by atoms with Crippen LogP contribution in [0.25, 0.3) is 28.0 Å². The number of halogens is 2. The van der Waals surface area contributed by atoms with Crippen molar-refractivity contribution in [1.82, 2.24) is 29.4 Å². The fourth-order valence-corrected chi connectivity index (χ4v) is 6.48. The number of nitrogens with zero attached hydrogens (tertiary/aromatic N) is 7. The standard InChI is InChI=1S/C32H32ClFN8O4/c1-7-20(44)40-12-18-31(45)38-27-22-29(41(18)11-16(40)6)39-32(46)42(28-24(14(2)3)35-13-36-25(28)15(4)5)30(22)37-26(23(27)33)21-17(34)9-8-10-19(21)43/h7-10,13-16,18,43H,1,11-12H2,2-6H3,(H,38,45). The van der Waals surface area contributed by atoms with E-state index < -0.39 is 29.2 Å². The maximum absolute atomic E-state index is 15.4. The quantitative estimate of drug-likeness (QED) is 0.299. The molecular weight excluding hydrogens is 615 g/mol. The van der Waals surface area contributed by atoms with Gasteiger partial charge in [-0.1, -0.05) is 51.9 Å². The topological polar surface area (TPSA) is 146 Å². The minimum Gasteiger partial charge on any atom is -0.507 e. The number of nitrogens with one attached hydrogen (secondary N) is 1. The number of carbonyl (C=O) groups excluding carboxylic acids is 2. The first-order valence-corrected chi connectivity index (χ1v) is 15.2. The number of hydrogen-bond acceptors (Lipinski definition) is 9. The van der Waals surface area contributed by atoms with Crippen molar-refractivity contribution in [2.45, 2.75) is 58.5 Å². The average Bonchev–Trinajstić information content (AvgIpc) is 3.12. The third kappa shape index (κ3) is 4.77. The highest BCUT2D eigenvalue weighted by Gasteiger charge is 2.43. The van der Waals surface area contributed by atoms with Gasteiger partial charge in [0.15, 0.2) is 5.65 Å². The summed E-state index contributed by atoms with van der Waals surface area (Å²) < 4.78 is 16.7. The molecule has 2 aliphatic heterocycles. The van der Waals surface area contributed by atoms with E-state index in [1.54, 1.807) is 4.90 Å². The van der Waals surface area contributed by atoms with Gasteiger partial charge in [-0.25, -0.2) is 28.7 Å². The van der Waals surface area contributed by atoms with Crippen LogP contribution in [0, 0.1) is 5.82 Å². The van der Waals surface area contributed by atoms with Crippen molar-refractivity contribution in [3.05, 3.63) is 69.9 Å². The van der Waals surface area contributed by atoms with E-state index in [9.17, 15) is 19.5 Å². The summed E-state index contributed by atoms with van der Waals surface area (Å²) in [7, 11) is 0. The second-order valence-electron chi connectivity index (χ2n) is 12.0. The fraction of sp³-hybridized carbons (Fsp3) is 0.344. The van der Waals surface area contributed by atoms with E-state index in [-0.39, 0.29) is 75.7 Å². The number of carbonyl (C=O) groups is 2. The highest BCUT2D eigenvalue weighted by atomic mass is 35.5. The van der Waals surface area contributed by atoms with Crippen LogP contribution in [-0.2, 0) is 9.59 Å². The van der Waals surface area contributed by atoms with Gasteiger partial charge in [0.05, 0.1) is 45.3 Å². The predicted molar refractivity (Wildman–Crippen MR) is 172 cm³/mol. The highest BCUT2D eigenvalue weighted by molar-refractivity contribution is 6.38. The molecule has 2 N–H and O–H groups in total. The largest absolute Gasteiger partial charge is 0.507 e. The Morgan fingerprint density at radius 1 is 1.13 bits per heavy atom. The summed E-state index contributed by atoms with van der Waals surface area (Å²) in [6, 6.07) is 2.42. The van der Waals surface area contributed by atoms with Crippen molar-refractivity contribution in [1.29, 1.82) is 0 Å². The zero-order valence-electron chi connectivity index (χ0n) is 25.9. The molecule has 1 saturated heterocycles. The van der Waals surface area contributed by atoms with E-state index >= 15 is 4.39 Å². The molecule has 2 unspecified atom stereocenters. The van der Waals surface area contributed by atoms with Crippen LogP contribution >= 0.6 is 11.6 Å². The Morgan fingerprint density at radius 2 is 1.80 bits per heavy atom. The molecule has 2 aliphatic rings. The number of piperazine rings is 1. The van der Waals surface area contributed by atoms with Crippen LogP contribution in [0.1, 0.15) is 57.8 Å². The maximum Gasteiger partial charge on any atom is 0.355 e. The molecule has 2 amide bonds. The Morgan fingerprint density at radius 3 is 2.41 bits per heavy atom. The Balaban J connectivity index is 1.77. The molecule has 0 saturated carbocycles. The lowest BCUT2D eigenvalue weighted by molar-refractivity contribution is -0.130. The third-order valence-corrected chi connectivity index (χ3v) is 8.76. The van der Waals surface area contributed by atoms with Gasteiger partial charge in [0.2, 0.25) is 11.8 Å². The fourth-order valence-electron chi connectivity index (χ4n) is 6.20. The number of aromatic hydroxyl groups is 1. The Hall–Kier alpha value is -4.91. The summed E-state index contributed by atoms with van der Waals surface area (Å²) in [5.74, 6) is -2.33. The second-order valence-corrected chi connectivity index (χ2v) is 12.4. The van der Waals surface area contributed by atoms with E-state index in [2.05, 4.69) is 26.8 Å². The van der Waals surface area contributed by atoms with Crippen molar-refractivity contribution in [3.63, 3.8) is 0 Å². The summed E-state index contributed by atoms with van der Waals surface area (Å²) in [6.45, 7) is 13.2. The van der Waals surface area contributed by atoms with Gasteiger partial charge in [0.25, 0.3) is 0 Å². The van der Waals surface area contributed by atoms with Crippen molar-refractivity contribution in [2.24, 2.45) is 0 Å². The number of pyridine rings is 1. The molecule has 1 fully saturated rings. The van der Waals surface area contributed by atoms with Crippen molar-refractivity contribution < 1.29 is 19.1 Å². The molecule has 2 atom stereocenters. The number of aromatic nitrogens is 5. The molecule has 0 radical (unpaired) electrons. The smallest absolute Gasteiger partial charge is 0.355 e. The van der Waals surface area contributed by atoms with Gasteiger partial charge in [-0.05, 0) is 37.0 Å². The number of benzene rings is 1. The third-order valence-electron chi connectivity index (χ3n) is 8.39. The summed E-state index contributed by atoms with van der Waals surface area (Å²) in [6.07, 6.45) is 2.62. The first-order chi connectivity index (χ1) is 21.8. The first-order valence-electron chi connectivity index (χ1n) is 14.8. The first kappa shape index (κ1) is 31.1. The number of phenols is 1. The summed E-state index contributed by atoms with van der Waals surface area (Å²) in [4.78, 5) is 62.5. The Labute approximate surface area is 268 Å². The number of rotatable bonds is 5. The van der Waals surface area contributed by atoms with Crippen molar-refractivity contribution >= 4 is 46.0 Å². The summed E-state index contributed by atoms with van der Waals surface area (Å²) in [5.41, 5.74) is 0.245. The van der Waals surface area contributed by atoms with Crippen LogP contribution in [0.3, 0.4) is 0 Å². The van der Waals surface area contributed by atoms with Crippen LogP contribution < -0.4 is 15.9 Å². The van der Waals surface area contributed by atoms with Crippen LogP contribution in [0.2, 0.25) is 5.02 Å². The van der Waals surface area contributed by atoms with E-state index in [1.165, 1.54) is 34.0 Å². The van der Waals surface area contributed by atoms with E-state index in [1.807, 2.05) is 34.6 Å². The Bertz CT molecular complexity index is 1970. The van der Waals surface area contributed by atoms with Gasteiger partial charge in [-0.15, -0.1) is 0 Å². The molecule has 1 aromatic carbocycles. The average molecular weight is 647 g/mol. The van der Waals surface area contributed by atoms with Gasteiger partial charge in [-0.3, -0.25) is 9.59 Å². The molecule has 5 heterocycles. The number of hydrogen-bond donors (Lipinski definition) is 2.